The second kappa shape index (κ2) is 5.72. The SMILES string of the molecule is CC[C@@H](O)c1ccc(OCC2(O)CCCC2)cc1. The second-order valence-electron chi connectivity index (χ2n) is 5.21. The molecule has 2 N–H and O–H groups in total. The van der Waals surface area contributed by atoms with E-state index < -0.39 is 11.7 Å². The first-order valence-corrected chi connectivity index (χ1v) is 6.76. The minimum absolute atomic E-state index is 0.364. The van der Waals surface area contributed by atoms with Crippen molar-refractivity contribution in [1.82, 2.24) is 0 Å². The molecular weight excluding hydrogens is 228 g/mol. The minimum atomic E-state index is -0.637. The molecule has 0 unspecified atom stereocenters. The van der Waals surface area contributed by atoms with Crippen LogP contribution in [0.2, 0.25) is 0 Å². The lowest BCUT2D eigenvalue weighted by atomic mass is 10.0. The fraction of sp³-hybridized carbons (Fsp3) is 0.600. The summed E-state index contributed by atoms with van der Waals surface area (Å²) in [6.07, 6.45) is 4.14. The maximum Gasteiger partial charge on any atom is 0.119 e. The Balaban J connectivity index is 1.90. The topological polar surface area (TPSA) is 49.7 Å². The zero-order valence-corrected chi connectivity index (χ0v) is 10.9. The van der Waals surface area contributed by atoms with Gasteiger partial charge in [0.05, 0.1) is 11.7 Å². The minimum Gasteiger partial charge on any atom is -0.491 e. The summed E-state index contributed by atoms with van der Waals surface area (Å²) in [5.74, 6) is 0.752. The van der Waals surface area contributed by atoms with E-state index in [9.17, 15) is 10.2 Å². The highest BCUT2D eigenvalue weighted by Gasteiger charge is 2.31. The van der Waals surface area contributed by atoms with Gasteiger partial charge < -0.3 is 14.9 Å². The van der Waals surface area contributed by atoms with E-state index in [2.05, 4.69) is 0 Å². The number of benzene rings is 1. The summed E-state index contributed by atoms with van der Waals surface area (Å²) in [5.41, 5.74) is 0.270. The van der Waals surface area contributed by atoms with E-state index in [1.807, 2.05) is 31.2 Å². The number of aliphatic hydroxyl groups is 2. The monoisotopic (exact) mass is 250 g/mol. The molecule has 0 heterocycles. The van der Waals surface area contributed by atoms with Gasteiger partial charge in [0.25, 0.3) is 0 Å². The third-order valence-corrected chi connectivity index (χ3v) is 3.69. The maximum atomic E-state index is 10.2. The third-order valence-electron chi connectivity index (χ3n) is 3.69. The molecule has 1 saturated carbocycles. The van der Waals surface area contributed by atoms with Crippen LogP contribution in [-0.4, -0.2) is 22.4 Å². The number of ether oxygens (including phenoxy) is 1. The van der Waals surface area contributed by atoms with Crippen LogP contribution >= 0.6 is 0 Å². The van der Waals surface area contributed by atoms with Crippen molar-refractivity contribution >= 4 is 0 Å². The summed E-state index contributed by atoms with van der Waals surface area (Å²) in [7, 11) is 0. The number of hydrogen-bond donors (Lipinski definition) is 2. The van der Waals surface area contributed by atoms with Crippen molar-refractivity contribution in [3.05, 3.63) is 29.8 Å². The van der Waals surface area contributed by atoms with Gasteiger partial charge in [-0.25, -0.2) is 0 Å². The molecule has 18 heavy (non-hydrogen) atoms. The smallest absolute Gasteiger partial charge is 0.119 e. The standard InChI is InChI=1S/C15H22O3/c1-2-14(16)12-5-7-13(8-6-12)18-11-15(17)9-3-4-10-15/h5-8,14,16-17H,2-4,9-11H2,1H3/t14-/m1/s1. The summed E-state index contributed by atoms with van der Waals surface area (Å²) in [4.78, 5) is 0. The lowest BCUT2D eigenvalue weighted by molar-refractivity contribution is 0.00139. The van der Waals surface area contributed by atoms with E-state index in [0.29, 0.717) is 13.0 Å². The highest BCUT2D eigenvalue weighted by atomic mass is 16.5. The molecule has 3 heteroatoms. The van der Waals surface area contributed by atoms with Crippen molar-refractivity contribution in [2.45, 2.75) is 50.7 Å². The van der Waals surface area contributed by atoms with E-state index in [1.165, 1.54) is 0 Å². The molecule has 1 aliphatic rings. The normalized spacial score (nSPS) is 19.7. The molecular formula is C15H22O3. The van der Waals surface area contributed by atoms with Gasteiger partial charge in [-0.3, -0.25) is 0 Å². The predicted molar refractivity (Wildman–Crippen MR) is 70.6 cm³/mol. The molecule has 0 radical (unpaired) electrons. The second-order valence-corrected chi connectivity index (χ2v) is 5.21. The fourth-order valence-corrected chi connectivity index (χ4v) is 2.42. The molecule has 0 amide bonds. The zero-order valence-electron chi connectivity index (χ0n) is 10.9. The van der Waals surface area contributed by atoms with Crippen LogP contribution in [0.1, 0.15) is 50.7 Å². The molecule has 1 aromatic rings. The van der Waals surface area contributed by atoms with E-state index in [1.54, 1.807) is 0 Å². The fourth-order valence-electron chi connectivity index (χ4n) is 2.42. The summed E-state index contributed by atoms with van der Waals surface area (Å²) < 4.78 is 5.63. The number of aliphatic hydroxyl groups excluding tert-OH is 1. The first kappa shape index (κ1) is 13.4. The summed E-state index contributed by atoms with van der Waals surface area (Å²) in [5, 5.41) is 19.9. The Labute approximate surface area is 108 Å². The first-order chi connectivity index (χ1) is 8.63. The van der Waals surface area contributed by atoms with Gasteiger partial charge in [0.15, 0.2) is 0 Å². The van der Waals surface area contributed by atoms with Crippen LogP contribution in [0.5, 0.6) is 5.75 Å². The van der Waals surface area contributed by atoms with Crippen LogP contribution in [0.15, 0.2) is 24.3 Å². The van der Waals surface area contributed by atoms with Crippen LogP contribution in [-0.2, 0) is 0 Å². The molecule has 3 nitrogen and oxygen atoms in total. The van der Waals surface area contributed by atoms with Crippen LogP contribution in [0.3, 0.4) is 0 Å². The molecule has 1 aromatic carbocycles. The Morgan fingerprint density at radius 1 is 1.22 bits per heavy atom. The van der Waals surface area contributed by atoms with E-state index in [-0.39, 0.29) is 0 Å². The van der Waals surface area contributed by atoms with E-state index in [0.717, 1.165) is 37.0 Å². The number of rotatable bonds is 5. The van der Waals surface area contributed by atoms with Crippen molar-refractivity contribution in [1.29, 1.82) is 0 Å². The number of hydrogen-bond acceptors (Lipinski definition) is 3. The molecule has 1 aliphatic carbocycles. The van der Waals surface area contributed by atoms with Gasteiger partial charge in [0, 0.05) is 0 Å². The van der Waals surface area contributed by atoms with Gasteiger partial charge >= 0.3 is 0 Å². The Kier molecular flexibility index (Phi) is 4.25. The van der Waals surface area contributed by atoms with Crippen LogP contribution in [0.25, 0.3) is 0 Å². The Bertz CT molecular complexity index is 366. The molecule has 0 aliphatic heterocycles. The summed E-state index contributed by atoms with van der Waals surface area (Å²) in [6.45, 7) is 2.31. The first-order valence-electron chi connectivity index (χ1n) is 6.76. The van der Waals surface area contributed by atoms with Gasteiger partial charge in [-0.05, 0) is 37.0 Å². The predicted octanol–water partition coefficient (Wildman–Crippen LogP) is 2.81. The molecule has 100 valence electrons. The maximum absolute atomic E-state index is 10.2. The van der Waals surface area contributed by atoms with Gasteiger partial charge in [-0.15, -0.1) is 0 Å². The molecule has 2 rings (SSSR count). The van der Waals surface area contributed by atoms with Gasteiger partial charge in [-0.2, -0.15) is 0 Å². The van der Waals surface area contributed by atoms with Crippen molar-refractivity contribution in [3.63, 3.8) is 0 Å². The Hall–Kier alpha value is -1.06. The third kappa shape index (κ3) is 3.24. The van der Waals surface area contributed by atoms with E-state index >= 15 is 0 Å². The van der Waals surface area contributed by atoms with Crippen LogP contribution in [0, 0.1) is 0 Å². The molecule has 1 atom stereocenters. The molecule has 0 aromatic heterocycles. The molecule has 1 fully saturated rings. The Morgan fingerprint density at radius 2 is 1.83 bits per heavy atom. The highest BCUT2D eigenvalue weighted by Crippen LogP contribution is 2.30. The van der Waals surface area contributed by atoms with Crippen LogP contribution in [0.4, 0.5) is 0 Å². The summed E-state index contributed by atoms with van der Waals surface area (Å²) in [6, 6.07) is 7.46. The van der Waals surface area contributed by atoms with Crippen molar-refractivity contribution < 1.29 is 14.9 Å². The van der Waals surface area contributed by atoms with Crippen LogP contribution < -0.4 is 4.74 Å². The van der Waals surface area contributed by atoms with Gasteiger partial charge in [0.1, 0.15) is 12.4 Å². The van der Waals surface area contributed by atoms with E-state index in [4.69, 9.17) is 4.74 Å². The lowest BCUT2D eigenvalue weighted by Gasteiger charge is -2.22. The highest BCUT2D eigenvalue weighted by molar-refractivity contribution is 5.28. The van der Waals surface area contributed by atoms with Gasteiger partial charge in [0.2, 0.25) is 0 Å². The average Bonchev–Trinajstić information content (AvgIpc) is 2.83. The van der Waals surface area contributed by atoms with Crippen molar-refractivity contribution in [2.24, 2.45) is 0 Å². The molecule has 0 spiro atoms. The average molecular weight is 250 g/mol. The lowest BCUT2D eigenvalue weighted by Crippen LogP contribution is -2.32. The van der Waals surface area contributed by atoms with Crippen molar-refractivity contribution in [2.75, 3.05) is 6.61 Å². The largest absolute Gasteiger partial charge is 0.491 e. The Morgan fingerprint density at radius 3 is 2.39 bits per heavy atom. The van der Waals surface area contributed by atoms with Crippen molar-refractivity contribution in [3.8, 4) is 5.75 Å². The zero-order chi connectivity index (χ0) is 13.0. The molecule has 0 bridgehead atoms. The molecule has 0 saturated heterocycles. The quantitative estimate of drug-likeness (QED) is 0.845. The summed E-state index contributed by atoms with van der Waals surface area (Å²) >= 11 is 0. The van der Waals surface area contributed by atoms with Gasteiger partial charge in [-0.1, -0.05) is 31.9 Å².